The third kappa shape index (κ3) is 4.32. The van der Waals surface area contributed by atoms with Gasteiger partial charge >= 0.3 is 0 Å². The molecule has 35 heavy (non-hydrogen) atoms. The number of nitro benzene ring substituents is 1. The van der Waals surface area contributed by atoms with E-state index in [4.69, 9.17) is 9.15 Å². The fraction of sp³-hybridized carbons (Fsp3) is 0.269. The maximum atomic E-state index is 13.6. The predicted octanol–water partition coefficient (Wildman–Crippen LogP) is 4.47. The lowest BCUT2D eigenvalue weighted by Crippen LogP contribution is -2.49. The van der Waals surface area contributed by atoms with Gasteiger partial charge in [-0.3, -0.25) is 14.9 Å². The number of benzene rings is 2. The molecule has 5 rings (SSSR count). The summed E-state index contributed by atoms with van der Waals surface area (Å²) in [4.78, 5) is 28.5. The van der Waals surface area contributed by atoms with Crippen molar-refractivity contribution in [1.29, 1.82) is 0 Å². The van der Waals surface area contributed by atoms with E-state index in [0.717, 1.165) is 28.3 Å². The number of aryl methyl sites for hydroxylation is 1. The van der Waals surface area contributed by atoms with Gasteiger partial charge in [-0.15, -0.1) is 0 Å². The summed E-state index contributed by atoms with van der Waals surface area (Å²) in [5, 5.41) is 11.2. The molecule has 4 aromatic rings. The summed E-state index contributed by atoms with van der Waals surface area (Å²) < 4.78 is 13.2. The molecule has 1 aliphatic rings. The predicted molar refractivity (Wildman–Crippen MR) is 132 cm³/mol. The van der Waals surface area contributed by atoms with E-state index in [1.54, 1.807) is 25.3 Å². The van der Waals surface area contributed by atoms with E-state index >= 15 is 0 Å². The Labute approximate surface area is 202 Å². The standard InChI is InChI=1S/C26H26N4O5/c1-18-14-22-25(35-18)16-23(29(22)17-19-6-5-7-20(15-19)30(32)33)26(31)28-12-10-27(11-13-28)21-8-3-4-9-24(21)34-2/h3-9,14-16H,10-13,17H2,1-2H3. The van der Waals surface area contributed by atoms with Crippen LogP contribution in [0.1, 0.15) is 21.8 Å². The van der Waals surface area contributed by atoms with Crippen molar-refractivity contribution in [2.24, 2.45) is 0 Å². The van der Waals surface area contributed by atoms with Gasteiger partial charge < -0.3 is 23.5 Å². The molecular formula is C26H26N4O5. The number of nitrogens with zero attached hydrogens (tertiary/aromatic N) is 4. The lowest BCUT2D eigenvalue weighted by atomic mass is 10.2. The van der Waals surface area contributed by atoms with E-state index < -0.39 is 4.92 Å². The van der Waals surface area contributed by atoms with Gasteiger partial charge in [-0.2, -0.15) is 0 Å². The normalized spacial score (nSPS) is 13.9. The number of amides is 1. The number of nitro groups is 1. The smallest absolute Gasteiger partial charge is 0.270 e. The second-order valence-electron chi connectivity index (χ2n) is 8.60. The first-order chi connectivity index (χ1) is 16.9. The quantitative estimate of drug-likeness (QED) is 0.302. The molecule has 0 unspecified atom stereocenters. The molecule has 3 heterocycles. The van der Waals surface area contributed by atoms with Crippen LogP contribution >= 0.6 is 0 Å². The lowest BCUT2D eigenvalue weighted by Gasteiger charge is -2.36. The monoisotopic (exact) mass is 474 g/mol. The van der Waals surface area contributed by atoms with Crippen molar-refractivity contribution in [2.45, 2.75) is 13.5 Å². The molecule has 1 amide bonds. The minimum absolute atomic E-state index is 0.0228. The summed E-state index contributed by atoms with van der Waals surface area (Å²) in [5.41, 5.74) is 3.72. The number of hydrogen-bond donors (Lipinski definition) is 0. The number of methoxy groups -OCH3 is 1. The Hall–Kier alpha value is -4.27. The first-order valence-corrected chi connectivity index (χ1v) is 11.4. The number of carbonyl (C=O) groups is 1. The average molecular weight is 475 g/mol. The highest BCUT2D eigenvalue weighted by Gasteiger charge is 2.27. The van der Waals surface area contributed by atoms with Crippen LogP contribution in [-0.4, -0.2) is 53.6 Å². The number of hydrogen-bond acceptors (Lipinski definition) is 6. The Bertz CT molecular complexity index is 1400. The summed E-state index contributed by atoms with van der Waals surface area (Å²) in [6.07, 6.45) is 0. The molecule has 0 N–H and O–H groups in total. The summed E-state index contributed by atoms with van der Waals surface area (Å²) in [6, 6.07) is 18.0. The van der Waals surface area contributed by atoms with E-state index in [9.17, 15) is 14.9 Å². The molecule has 0 radical (unpaired) electrons. The minimum atomic E-state index is -0.413. The van der Waals surface area contributed by atoms with Gasteiger partial charge in [-0.25, -0.2) is 0 Å². The van der Waals surface area contributed by atoms with Crippen LogP contribution in [0.2, 0.25) is 0 Å². The zero-order valence-electron chi connectivity index (χ0n) is 19.6. The molecule has 180 valence electrons. The highest BCUT2D eigenvalue weighted by Crippen LogP contribution is 2.30. The zero-order chi connectivity index (χ0) is 24.5. The van der Waals surface area contributed by atoms with Crippen LogP contribution in [-0.2, 0) is 6.54 Å². The second-order valence-corrected chi connectivity index (χ2v) is 8.60. The highest BCUT2D eigenvalue weighted by atomic mass is 16.6. The molecule has 1 aliphatic heterocycles. The average Bonchev–Trinajstić information content (AvgIpc) is 3.40. The minimum Gasteiger partial charge on any atom is -0.495 e. The number of non-ortho nitro benzene ring substituents is 1. The maximum absolute atomic E-state index is 13.6. The highest BCUT2D eigenvalue weighted by molar-refractivity contribution is 5.98. The topological polar surface area (TPSA) is 94.0 Å². The number of anilines is 1. The molecular weight excluding hydrogens is 448 g/mol. The third-order valence-corrected chi connectivity index (χ3v) is 6.39. The first kappa shape index (κ1) is 22.5. The zero-order valence-corrected chi connectivity index (χ0v) is 19.6. The number of para-hydroxylation sites is 2. The Morgan fingerprint density at radius 3 is 2.57 bits per heavy atom. The van der Waals surface area contributed by atoms with Crippen molar-refractivity contribution < 1.29 is 18.9 Å². The van der Waals surface area contributed by atoms with E-state index in [1.165, 1.54) is 6.07 Å². The summed E-state index contributed by atoms with van der Waals surface area (Å²) in [7, 11) is 1.66. The van der Waals surface area contributed by atoms with Crippen molar-refractivity contribution in [3.63, 3.8) is 0 Å². The molecule has 9 heteroatoms. The number of ether oxygens (including phenoxy) is 1. The molecule has 0 spiro atoms. The van der Waals surface area contributed by atoms with Crippen LogP contribution in [0.25, 0.3) is 11.1 Å². The van der Waals surface area contributed by atoms with Gasteiger partial charge in [-0.05, 0) is 24.6 Å². The van der Waals surface area contributed by atoms with Crippen molar-refractivity contribution in [3.05, 3.63) is 87.8 Å². The van der Waals surface area contributed by atoms with E-state index in [1.807, 2.05) is 52.8 Å². The number of carbonyl (C=O) groups excluding carboxylic acids is 1. The van der Waals surface area contributed by atoms with Gasteiger partial charge in [0.15, 0.2) is 5.58 Å². The van der Waals surface area contributed by atoms with Gasteiger partial charge in [0, 0.05) is 57.0 Å². The molecule has 2 aromatic carbocycles. The third-order valence-electron chi connectivity index (χ3n) is 6.39. The number of fused-ring (bicyclic) bond motifs is 1. The number of rotatable bonds is 6. The van der Waals surface area contributed by atoms with Gasteiger partial charge in [-0.1, -0.05) is 24.3 Å². The number of furan rings is 1. The maximum Gasteiger partial charge on any atom is 0.270 e. The molecule has 0 atom stereocenters. The number of piperazine rings is 1. The SMILES string of the molecule is COc1ccccc1N1CCN(C(=O)c2cc3oc(C)cc3n2Cc2cccc([N+](=O)[O-])c2)CC1. The van der Waals surface area contributed by atoms with Crippen molar-refractivity contribution in [2.75, 3.05) is 38.2 Å². The Morgan fingerprint density at radius 2 is 1.83 bits per heavy atom. The van der Waals surface area contributed by atoms with Crippen LogP contribution in [0, 0.1) is 17.0 Å². The summed E-state index contributed by atoms with van der Waals surface area (Å²) in [6.45, 7) is 4.70. The van der Waals surface area contributed by atoms with Crippen LogP contribution in [0.15, 0.2) is 65.1 Å². The Balaban J connectivity index is 1.40. The molecule has 1 fully saturated rings. The molecule has 1 saturated heterocycles. The first-order valence-electron chi connectivity index (χ1n) is 11.4. The Morgan fingerprint density at radius 1 is 1.06 bits per heavy atom. The molecule has 0 bridgehead atoms. The summed E-state index contributed by atoms with van der Waals surface area (Å²) in [5.74, 6) is 1.47. The molecule has 0 aliphatic carbocycles. The second kappa shape index (κ2) is 9.17. The fourth-order valence-electron chi connectivity index (χ4n) is 4.67. The van der Waals surface area contributed by atoms with Gasteiger partial charge in [0.2, 0.25) is 0 Å². The van der Waals surface area contributed by atoms with E-state index in [-0.39, 0.29) is 11.6 Å². The van der Waals surface area contributed by atoms with Crippen LogP contribution < -0.4 is 9.64 Å². The van der Waals surface area contributed by atoms with Crippen LogP contribution in [0.5, 0.6) is 5.75 Å². The number of aromatic nitrogens is 1. The summed E-state index contributed by atoms with van der Waals surface area (Å²) >= 11 is 0. The van der Waals surface area contributed by atoms with Gasteiger partial charge in [0.1, 0.15) is 17.2 Å². The van der Waals surface area contributed by atoms with Crippen LogP contribution in [0.3, 0.4) is 0 Å². The fourth-order valence-corrected chi connectivity index (χ4v) is 4.67. The molecule has 9 nitrogen and oxygen atoms in total. The lowest BCUT2D eigenvalue weighted by molar-refractivity contribution is -0.384. The van der Waals surface area contributed by atoms with Crippen LogP contribution in [0.4, 0.5) is 11.4 Å². The van der Waals surface area contributed by atoms with Gasteiger partial charge in [0.25, 0.3) is 11.6 Å². The van der Waals surface area contributed by atoms with Crippen molar-refractivity contribution >= 4 is 28.4 Å². The van der Waals surface area contributed by atoms with Crippen molar-refractivity contribution in [3.8, 4) is 5.75 Å². The molecule has 0 saturated carbocycles. The van der Waals surface area contributed by atoms with E-state index in [0.29, 0.717) is 44.0 Å². The van der Waals surface area contributed by atoms with Gasteiger partial charge in [0.05, 0.1) is 23.2 Å². The molecule has 2 aromatic heterocycles. The van der Waals surface area contributed by atoms with Crippen molar-refractivity contribution in [1.82, 2.24) is 9.47 Å². The largest absolute Gasteiger partial charge is 0.495 e. The Kier molecular flexibility index (Phi) is 5.90. The van der Waals surface area contributed by atoms with E-state index in [2.05, 4.69) is 4.90 Å².